The van der Waals surface area contributed by atoms with Crippen LogP contribution in [0.5, 0.6) is 0 Å². The Balaban J connectivity index is 2.12. The molecule has 0 radical (unpaired) electrons. The first kappa shape index (κ1) is 11.7. The maximum Gasteiger partial charge on any atom is 0.0639 e. The molecule has 0 aliphatic carbocycles. The SMILES string of the molecule is Cc1cc(/C(Cl)=C/Nc2ccccc2)ccn1. The summed E-state index contributed by atoms with van der Waals surface area (Å²) in [5.41, 5.74) is 2.92. The van der Waals surface area contributed by atoms with Crippen LogP contribution in [0.1, 0.15) is 11.3 Å². The summed E-state index contributed by atoms with van der Waals surface area (Å²) in [6.45, 7) is 1.94. The van der Waals surface area contributed by atoms with Gasteiger partial charge in [-0.3, -0.25) is 4.98 Å². The van der Waals surface area contributed by atoms with Crippen molar-refractivity contribution in [2.45, 2.75) is 6.92 Å². The molecule has 1 aromatic heterocycles. The minimum absolute atomic E-state index is 0.666. The summed E-state index contributed by atoms with van der Waals surface area (Å²) in [6.07, 6.45) is 3.54. The number of nitrogens with one attached hydrogen (secondary N) is 1. The van der Waals surface area contributed by atoms with Crippen molar-refractivity contribution in [3.05, 3.63) is 66.1 Å². The van der Waals surface area contributed by atoms with Crippen molar-refractivity contribution in [2.75, 3.05) is 5.32 Å². The van der Waals surface area contributed by atoms with Crippen LogP contribution >= 0.6 is 11.6 Å². The predicted octanol–water partition coefficient (Wildman–Crippen LogP) is 4.04. The molecule has 17 heavy (non-hydrogen) atoms. The molecular weight excluding hydrogens is 232 g/mol. The topological polar surface area (TPSA) is 24.9 Å². The molecule has 0 fully saturated rings. The molecule has 1 heterocycles. The summed E-state index contributed by atoms with van der Waals surface area (Å²) >= 11 is 6.20. The number of anilines is 1. The van der Waals surface area contributed by atoms with Crippen LogP contribution < -0.4 is 5.32 Å². The van der Waals surface area contributed by atoms with Crippen molar-refractivity contribution in [1.82, 2.24) is 4.98 Å². The molecule has 2 aromatic rings. The summed E-state index contributed by atoms with van der Waals surface area (Å²) < 4.78 is 0. The molecule has 0 amide bonds. The predicted molar refractivity (Wildman–Crippen MR) is 72.9 cm³/mol. The van der Waals surface area contributed by atoms with Crippen LogP contribution in [0.4, 0.5) is 5.69 Å². The average Bonchev–Trinajstić information content (AvgIpc) is 2.37. The van der Waals surface area contributed by atoms with Gasteiger partial charge in [0.1, 0.15) is 0 Å². The number of pyridine rings is 1. The number of nitrogens with zero attached hydrogens (tertiary/aromatic N) is 1. The second-order valence-corrected chi connectivity index (χ2v) is 4.10. The summed E-state index contributed by atoms with van der Waals surface area (Å²) in [5, 5.41) is 3.81. The van der Waals surface area contributed by atoms with Gasteiger partial charge >= 0.3 is 0 Å². The molecule has 0 saturated heterocycles. The Morgan fingerprint density at radius 3 is 2.71 bits per heavy atom. The third kappa shape index (κ3) is 3.33. The van der Waals surface area contributed by atoms with Crippen molar-refractivity contribution in [3.8, 4) is 0 Å². The van der Waals surface area contributed by atoms with Crippen LogP contribution in [-0.2, 0) is 0 Å². The lowest BCUT2D eigenvalue weighted by Gasteiger charge is -2.03. The fourth-order valence-corrected chi connectivity index (χ4v) is 1.63. The molecule has 0 spiro atoms. The van der Waals surface area contributed by atoms with Crippen molar-refractivity contribution < 1.29 is 0 Å². The van der Waals surface area contributed by atoms with E-state index in [0.29, 0.717) is 5.03 Å². The van der Waals surface area contributed by atoms with E-state index in [1.807, 2.05) is 49.4 Å². The highest BCUT2D eigenvalue weighted by atomic mass is 35.5. The fraction of sp³-hybridized carbons (Fsp3) is 0.0714. The van der Waals surface area contributed by atoms with Crippen LogP contribution in [0.25, 0.3) is 5.03 Å². The van der Waals surface area contributed by atoms with Gasteiger partial charge in [0.2, 0.25) is 0 Å². The van der Waals surface area contributed by atoms with Gasteiger partial charge in [-0.1, -0.05) is 29.8 Å². The maximum atomic E-state index is 6.20. The Kier molecular flexibility index (Phi) is 3.78. The molecule has 3 heteroatoms. The molecule has 0 unspecified atom stereocenters. The van der Waals surface area contributed by atoms with Crippen LogP contribution in [0.15, 0.2) is 54.9 Å². The van der Waals surface area contributed by atoms with Gasteiger partial charge in [0.05, 0.1) is 5.03 Å². The Morgan fingerprint density at radius 2 is 2.00 bits per heavy atom. The van der Waals surface area contributed by atoms with Gasteiger partial charge in [-0.15, -0.1) is 0 Å². The second kappa shape index (κ2) is 5.51. The Morgan fingerprint density at radius 1 is 1.24 bits per heavy atom. The van der Waals surface area contributed by atoms with E-state index in [-0.39, 0.29) is 0 Å². The lowest BCUT2D eigenvalue weighted by atomic mass is 10.2. The molecule has 1 aromatic carbocycles. The number of halogens is 1. The van der Waals surface area contributed by atoms with Gasteiger partial charge in [0.25, 0.3) is 0 Å². The molecule has 1 N–H and O–H groups in total. The van der Waals surface area contributed by atoms with E-state index in [2.05, 4.69) is 10.3 Å². The average molecular weight is 245 g/mol. The number of rotatable bonds is 3. The van der Waals surface area contributed by atoms with Gasteiger partial charge in [-0.05, 0) is 36.8 Å². The zero-order valence-corrected chi connectivity index (χ0v) is 10.3. The third-order valence-electron chi connectivity index (χ3n) is 2.31. The molecule has 0 bridgehead atoms. The number of hydrogen-bond acceptors (Lipinski definition) is 2. The van der Waals surface area contributed by atoms with Gasteiger partial charge in [0.15, 0.2) is 0 Å². The highest BCUT2D eigenvalue weighted by molar-refractivity contribution is 6.48. The lowest BCUT2D eigenvalue weighted by Crippen LogP contribution is -1.89. The zero-order chi connectivity index (χ0) is 12.1. The Hall–Kier alpha value is -1.80. The molecule has 86 valence electrons. The molecular formula is C14H13ClN2. The Labute approximate surface area is 106 Å². The highest BCUT2D eigenvalue weighted by Crippen LogP contribution is 2.19. The molecule has 0 aliphatic rings. The summed E-state index contributed by atoms with van der Waals surface area (Å²) in [4.78, 5) is 4.13. The van der Waals surface area contributed by atoms with Crippen LogP contribution in [-0.4, -0.2) is 4.98 Å². The standard InChI is InChI=1S/C14H13ClN2/c1-11-9-12(7-8-16-11)14(15)10-17-13-5-3-2-4-6-13/h2-10,17H,1H3/b14-10-. The third-order valence-corrected chi connectivity index (χ3v) is 2.64. The molecule has 2 rings (SSSR count). The maximum absolute atomic E-state index is 6.20. The van der Waals surface area contributed by atoms with Crippen molar-refractivity contribution >= 4 is 22.3 Å². The van der Waals surface area contributed by atoms with E-state index in [0.717, 1.165) is 16.9 Å². The fourth-order valence-electron chi connectivity index (χ4n) is 1.46. The van der Waals surface area contributed by atoms with E-state index in [1.54, 1.807) is 12.4 Å². The summed E-state index contributed by atoms with van der Waals surface area (Å²) in [7, 11) is 0. The first-order valence-electron chi connectivity index (χ1n) is 5.36. The van der Waals surface area contributed by atoms with Gasteiger partial charge in [-0.25, -0.2) is 0 Å². The quantitative estimate of drug-likeness (QED) is 0.882. The highest BCUT2D eigenvalue weighted by Gasteiger charge is 1.98. The minimum atomic E-state index is 0.666. The number of benzene rings is 1. The van der Waals surface area contributed by atoms with Gasteiger partial charge < -0.3 is 5.32 Å². The van der Waals surface area contributed by atoms with E-state index < -0.39 is 0 Å². The van der Waals surface area contributed by atoms with Crippen molar-refractivity contribution in [1.29, 1.82) is 0 Å². The van der Waals surface area contributed by atoms with Crippen LogP contribution in [0, 0.1) is 6.92 Å². The minimum Gasteiger partial charge on any atom is -0.360 e. The monoisotopic (exact) mass is 244 g/mol. The van der Waals surface area contributed by atoms with Crippen molar-refractivity contribution in [2.24, 2.45) is 0 Å². The normalized spacial score (nSPS) is 11.3. The van der Waals surface area contributed by atoms with Crippen LogP contribution in [0.2, 0.25) is 0 Å². The summed E-state index contributed by atoms with van der Waals surface area (Å²) in [6, 6.07) is 13.7. The Bertz CT molecular complexity index is 521. The van der Waals surface area contributed by atoms with Gasteiger partial charge in [0, 0.05) is 23.8 Å². The molecule has 2 nitrogen and oxygen atoms in total. The van der Waals surface area contributed by atoms with Gasteiger partial charge in [-0.2, -0.15) is 0 Å². The van der Waals surface area contributed by atoms with E-state index in [9.17, 15) is 0 Å². The number of aromatic nitrogens is 1. The second-order valence-electron chi connectivity index (χ2n) is 3.69. The molecule has 0 atom stereocenters. The summed E-state index contributed by atoms with van der Waals surface area (Å²) in [5.74, 6) is 0. The molecule has 0 aliphatic heterocycles. The number of aryl methyl sites for hydroxylation is 1. The van der Waals surface area contributed by atoms with E-state index in [4.69, 9.17) is 11.6 Å². The first-order valence-corrected chi connectivity index (χ1v) is 5.74. The lowest BCUT2D eigenvalue weighted by molar-refractivity contribution is 1.19. The smallest absolute Gasteiger partial charge is 0.0639 e. The van der Waals surface area contributed by atoms with Crippen LogP contribution in [0.3, 0.4) is 0 Å². The largest absolute Gasteiger partial charge is 0.360 e. The zero-order valence-electron chi connectivity index (χ0n) is 9.52. The van der Waals surface area contributed by atoms with E-state index in [1.165, 1.54) is 0 Å². The van der Waals surface area contributed by atoms with E-state index >= 15 is 0 Å². The number of hydrogen-bond donors (Lipinski definition) is 1. The van der Waals surface area contributed by atoms with Crippen molar-refractivity contribution in [3.63, 3.8) is 0 Å². The molecule has 0 saturated carbocycles. The number of para-hydroxylation sites is 1. The first-order chi connectivity index (χ1) is 8.25.